The zero-order valence-corrected chi connectivity index (χ0v) is 29.0. The number of carbonyl (C=O) groups excluding carboxylic acids is 2. The second kappa shape index (κ2) is 17.2. The van der Waals surface area contributed by atoms with Crippen molar-refractivity contribution in [3.05, 3.63) is 54.1 Å². The lowest BCUT2D eigenvalue weighted by atomic mass is 9.96. The van der Waals surface area contributed by atoms with E-state index < -0.39 is 22.0 Å². The number of amides is 3. The molecule has 0 bridgehead atoms. The molecule has 3 N–H and O–H groups in total. The number of nitrogens with zero attached hydrogens (tertiary/aromatic N) is 2. The van der Waals surface area contributed by atoms with Crippen molar-refractivity contribution in [3.63, 3.8) is 0 Å². The van der Waals surface area contributed by atoms with Crippen molar-refractivity contribution in [1.82, 2.24) is 15.1 Å². The Balaban J connectivity index is 1.60. The SMILES string of the molecule is C[C@@H]1CCCCO[C@H](CN(C)C(=O)NC2CCCCC2)[C@@H](C)CN([C@@H](C)CO)C(=O)c2cc(NS(=O)(=O)c3ccccc3)ccc2O1. The first-order valence-electron chi connectivity index (χ1n) is 16.9. The third kappa shape index (κ3) is 10.3. The van der Waals surface area contributed by atoms with E-state index in [9.17, 15) is 23.1 Å². The summed E-state index contributed by atoms with van der Waals surface area (Å²) in [5.41, 5.74) is 0.408. The fourth-order valence-corrected chi connectivity index (χ4v) is 7.22. The third-order valence-corrected chi connectivity index (χ3v) is 10.5. The van der Waals surface area contributed by atoms with Gasteiger partial charge in [-0.3, -0.25) is 9.52 Å². The molecule has 47 heavy (non-hydrogen) atoms. The molecule has 0 aromatic heterocycles. The minimum atomic E-state index is -3.91. The summed E-state index contributed by atoms with van der Waals surface area (Å²) >= 11 is 0. The van der Waals surface area contributed by atoms with Crippen LogP contribution in [0.5, 0.6) is 5.75 Å². The Bertz CT molecular complexity index is 1420. The van der Waals surface area contributed by atoms with Gasteiger partial charge in [0.1, 0.15) is 5.75 Å². The summed E-state index contributed by atoms with van der Waals surface area (Å²) in [5, 5.41) is 13.4. The van der Waals surface area contributed by atoms with E-state index in [0.717, 1.165) is 44.9 Å². The highest BCUT2D eigenvalue weighted by atomic mass is 32.2. The van der Waals surface area contributed by atoms with Gasteiger partial charge in [0.15, 0.2) is 0 Å². The van der Waals surface area contributed by atoms with Crippen LogP contribution in [0.4, 0.5) is 10.5 Å². The first kappa shape index (κ1) is 36.5. The van der Waals surface area contributed by atoms with Crippen LogP contribution >= 0.6 is 0 Å². The Morgan fingerprint density at radius 2 is 1.74 bits per heavy atom. The average Bonchev–Trinajstić information content (AvgIpc) is 3.06. The van der Waals surface area contributed by atoms with E-state index in [1.54, 1.807) is 54.1 Å². The van der Waals surface area contributed by atoms with Gasteiger partial charge in [0, 0.05) is 44.4 Å². The molecule has 0 unspecified atom stereocenters. The highest BCUT2D eigenvalue weighted by Crippen LogP contribution is 2.29. The van der Waals surface area contributed by atoms with Crippen LogP contribution in [-0.2, 0) is 14.8 Å². The summed E-state index contributed by atoms with van der Waals surface area (Å²) in [4.78, 5) is 30.8. The number of urea groups is 1. The minimum absolute atomic E-state index is 0.101. The molecule has 3 amide bonds. The molecule has 12 heteroatoms. The van der Waals surface area contributed by atoms with Crippen LogP contribution in [0.2, 0.25) is 0 Å². The standard InChI is InChI=1S/C35H52N4O7S/c1-25-22-39(26(2)24-40)34(41)31-21-29(37-47(43,44)30-16-9-6-10-17-30)18-19-32(31)46-27(3)13-11-12-20-45-33(25)23-38(4)35(42)36-28-14-7-5-8-15-28/h6,9-10,16-19,21,25-28,33,37,40H,5,7-8,11-15,20,22-24H2,1-4H3,(H,36,42)/t25-,26-,27+,33+/m0/s1. The number of hydrogen-bond acceptors (Lipinski definition) is 7. The van der Waals surface area contributed by atoms with Gasteiger partial charge >= 0.3 is 6.03 Å². The number of carbonyl (C=O) groups is 2. The van der Waals surface area contributed by atoms with E-state index >= 15 is 0 Å². The zero-order chi connectivity index (χ0) is 34.0. The molecular weight excluding hydrogens is 620 g/mol. The van der Waals surface area contributed by atoms with Gasteiger partial charge in [-0.1, -0.05) is 44.4 Å². The van der Waals surface area contributed by atoms with Crippen LogP contribution < -0.4 is 14.8 Å². The molecule has 4 rings (SSSR count). The summed E-state index contributed by atoms with van der Waals surface area (Å²) in [6.45, 7) is 6.49. The number of rotatable bonds is 8. The van der Waals surface area contributed by atoms with Crippen LogP contribution in [0.15, 0.2) is 53.4 Å². The summed E-state index contributed by atoms with van der Waals surface area (Å²) in [5.74, 6) is -0.263. The Labute approximate surface area is 280 Å². The van der Waals surface area contributed by atoms with Crippen molar-refractivity contribution in [2.24, 2.45) is 5.92 Å². The second-order valence-electron chi connectivity index (χ2n) is 13.1. The average molecular weight is 673 g/mol. The van der Waals surface area contributed by atoms with Gasteiger partial charge in [0.25, 0.3) is 15.9 Å². The number of anilines is 1. The van der Waals surface area contributed by atoms with Crippen LogP contribution in [0, 0.1) is 5.92 Å². The van der Waals surface area contributed by atoms with Crippen molar-refractivity contribution in [1.29, 1.82) is 0 Å². The lowest BCUT2D eigenvalue weighted by molar-refractivity contribution is -0.0123. The second-order valence-corrected chi connectivity index (χ2v) is 14.8. The van der Waals surface area contributed by atoms with Crippen molar-refractivity contribution in [3.8, 4) is 5.75 Å². The highest BCUT2D eigenvalue weighted by molar-refractivity contribution is 7.92. The van der Waals surface area contributed by atoms with E-state index in [1.807, 2.05) is 13.8 Å². The molecule has 1 saturated carbocycles. The van der Waals surface area contributed by atoms with Gasteiger partial charge in [0.05, 0.1) is 35.3 Å². The number of sulfonamides is 1. The minimum Gasteiger partial charge on any atom is -0.490 e. The fraction of sp³-hybridized carbons (Fsp3) is 0.600. The number of aliphatic hydroxyl groups is 1. The van der Waals surface area contributed by atoms with Crippen LogP contribution in [0.25, 0.3) is 0 Å². The fourth-order valence-electron chi connectivity index (χ4n) is 6.15. The number of hydrogen-bond donors (Lipinski definition) is 3. The van der Waals surface area contributed by atoms with Gasteiger partial charge in [-0.25, -0.2) is 13.2 Å². The van der Waals surface area contributed by atoms with Gasteiger partial charge in [0.2, 0.25) is 0 Å². The van der Waals surface area contributed by atoms with Gasteiger partial charge in [-0.2, -0.15) is 0 Å². The normalized spacial score (nSPS) is 22.7. The predicted molar refractivity (Wildman–Crippen MR) is 182 cm³/mol. The number of fused-ring (bicyclic) bond motifs is 1. The molecule has 1 aliphatic heterocycles. The van der Waals surface area contributed by atoms with Crippen LogP contribution in [-0.4, -0.2) is 92.9 Å². The van der Waals surface area contributed by atoms with E-state index in [-0.39, 0.29) is 59.5 Å². The lowest BCUT2D eigenvalue weighted by Gasteiger charge is -2.36. The molecule has 0 radical (unpaired) electrons. The molecule has 1 heterocycles. The molecule has 1 fully saturated rings. The first-order chi connectivity index (χ1) is 22.5. The van der Waals surface area contributed by atoms with Gasteiger partial charge < -0.3 is 29.7 Å². The number of nitrogens with one attached hydrogen (secondary N) is 2. The van der Waals surface area contributed by atoms with Gasteiger partial charge in [-0.05, 0) is 76.3 Å². The zero-order valence-electron chi connectivity index (χ0n) is 28.2. The van der Waals surface area contributed by atoms with E-state index in [0.29, 0.717) is 18.9 Å². The lowest BCUT2D eigenvalue weighted by Crippen LogP contribution is -2.50. The van der Waals surface area contributed by atoms with Gasteiger partial charge in [-0.15, -0.1) is 0 Å². The van der Waals surface area contributed by atoms with E-state index in [1.165, 1.54) is 24.6 Å². The van der Waals surface area contributed by atoms with Crippen molar-refractivity contribution in [2.45, 2.75) is 101 Å². The molecule has 1 aliphatic carbocycles. The third-order valence-electron chi connectivity index (χ3n) is 9.09. The topological polar surface area (TPSA) is 138 Å². The van der Waals surface area contributed by atoms with Crippen molar-refractivity contribution in [2.75, 3.05) is 38.1 Å². The Kier molecular flexibility index (Phi) is 13.3. The van der Waals surface area contributed by atoms with E-state index in [2.05, 4.69) is 10.0 Å². The largest absolute Gasteiger partial charge is 0.490 e. The number of aliphatic hydroxyl groups excluding tert-OH is 1. The maximum Gasteiger partial charge on any atom is 0.317 e. The summed E-state index contributed by atoms with van der Waals surface area (Å²) in [6, 6.07) is 12.2. The number of ether oxygens (including phenoxy) is 2. The van der Waals surface area contributed by atoms with Crippen molar-refractivity contribution < 1.29 is 32.6 Å². The Hall–Kier alpha value is -3.35. The summed E-state index contributed by atoms with van der Waals surface area (Å²) < 4.78 is 41.4. The Morgan fingerprint density at radius 1 is 1.04 bits per heavy atom. The number of likely N-dealkylation sites (N-methyl/N-ethyl adjacent to an activating group) is 1. The molecule has 11 nitrogen and oxygen atoms in total. The first-order valence-corrected chi connectivity index (χ1v) is 18.4. The maximum atomic E-state index is 14.3. The Morgan fingerprint density at radius 3 is 2.45 bits per heavy atom. The van der Waals surface area contributed by atoms with Crippen molar-refractivity contribution >= 4 is 27.6 Å². The molecule has 0 spiro atoms. The smallest absolute Gasteiger partial charge is 0.317 e. The van der Waals surface area contributed by atoms with Crippen LogP contribution in [0.3, 0.4) is 0 Å². The molecule has 4 atom stereocenters. The molecule has 2 aliphatic rings. The highest BCUT2D eigenvalue weighted by Gasteiger charge is 2.31. The molecule has 2 aromatic rings. The summed E-state index contributed by atoms with van der Waals surface area (Å²) in [6.07, 6.45) is 7.22. The van der Waals surface area contributed by atoms with E-state index in [4.69, 9.17) is 9.47 Å². The molecule has 0 saturated heterocycles. The van der Waals surface area contributed by atoms with Crippen LogP contribution in [0.1, 0.15) is 82.5 Å². The summed E-state index contributed by atoms with van der Waals surface area (Å²) in [7, 11) is -2.14. The molecule has 2 aromatic carbocycles. The quantitative estimate of drug-likeness (QED) is 0.348. The predicted octanol–water partition coefficient (Wildman–Crippen LogP) is 5.26. The maximum absolute atomic E-state index is 14.3. The molecular formula is C35H52N4O7S. The molecule has 260 valence electrons. The monoisotopic (exact) mass is 672 g/mol. The number of benzene rings is 2.